The van der Waals surface area contributed by atoms with Crippen molar-refractivity contribution < 1.29 is 28.6 Å². The maximum atomic E-state index is 12.9. The molecule has 0 aliphatic rings. The van der Waals surface area contributed by atoms with Gasteiger partial charge in [-0.1, -0.05) is 334 Å². The summed E-state index contributed by atoms with van der Waals surface area (Å²) < 4.78 is 16.9. The first-order chi connectivity index (χ1) is 37.0. The van der Waals surface area contributed by atoms with Crippen LogP contribution in [0.25, 0.3) is 0 Å². The molecule has 0 bridgehead atoms. The highest BCUT2D eigenvalue weighted by molar-refractivity contribution is 5.71. The average Bonchev–Trinajstić information content (AvgIpc) is 3.41. The Morgan fingerprint density at radius 2 is 0.480 bits per heavy atom. The molecule has 0 saturated carbocycles. The molecule has 75 heavy (non-hydrogen) atoms. The van der Waals surface area contributed by atoms with E-state index in [0.29, 0.717) is 19.3 Å². The molecule has 0 N–H and O–H groups in total. The van der Waals surface area contributed by atoms with Gasteiger partial charge >= 0.3 is 17.9 Å². The van der Waals surface area contributed by atoms with E-state index in [-0.39, 0.29) is 31.1 Å². The maximum absolute atomic E-state index is 12.9. The molecule has 0 saturated heterocycles. The van der Waals surface area contributed by atoms with Gasteiger partial charge in [0.2, 0.25) is 0 Å². The first-order valence-electron chi connectivity index (χ1n) is 33.8. The van der Waals surface area contributed by atoms with Crippen molar-refractivity contribution in [2.45, 2.75) is 386 Å². The van der Waals surface area contributed by atoms with Crippen molar-refractivity contribution >= 4 is 17.9 Å². The van der Waals surface area contributed by atoms with E-state index >= 15 is 0 Å². The average molecular weight is 1060 g/mol. The third-order valence-electron chi connectivity index (χ3n) is 15.5. The van der Waals surface area contributed by atoms with Gasteiger partial charge in [0.15, 0.2) is 6.10 Å². The predicted molar refractivity (Wildman–Crippen MR) is 326 cm³/mol. The van der Waals surface area contributed by atoms with Crippen LogP contribution >= 0.6 is 0 Å². The lowest BCUT2D eigenvalue weighted by Gasteiger charge is -2.18. The van der Waals surface area contributed by atoms with Crippen LogP contribution in [-0.2, 0) is 28.6 Å². The van der Waals surface area contributed by atoms with Crippen LogP contribution in [0.2, 0.25) is 0 Å². The molecule has 1 unspecified atom stereocenters. The topological polar surface area (TPSA) is 78.9 Å². The Balaban J connectivity index is 4.08. The highest BCUT2D eigenvalue weighted by Crippen LogP contribution is 2.18. The molecule has 6 heteroatoms. The van der Waals surface area contributed by atoms with E-state index in [1.807, 2.05) is 0 Å². The van der Waals surface area contributed by atoms with Crippen molar-refractivity contribution in [2.24, 2.45) is 0 Å². The molecular formula is C69H130O6. The Morgan fingerprint density at radius 3 is 0.733 bits per heavy atom. The minimum absolute atomic E-state index is 0.0661. The molecule has 0 aliphatic heterocycles. The number of allylic oxidation sites excluding steroid dienone is 4. The summed E-state index contributed by atoms with van der Waals surface area (Å²) in [6, 6.07) is 0. The summed E-state index contributed by atoms with van der Waals surface area (Å²) in [5.74, 6) is -0.846. The molecule has 1 atom stereocenters. The summed E-state index contributed by atoms with van der Waals surface area (Å²) in [5.41, 5.74) is 0. The van der Waals surface area contributed by atoms with E-state index in [4.69, 9.17) is 14.2 Å². The number of ether oxygens (including phenoxy) is 3. The van der Waals surface area contributed by atoms with Gasteiger partial charge in [-0.3, -0.25) is 14.4 Å². The molecule has 442 valence electrons. The molecule has 0 aliphatic carbocycles. The monoisotopic (exact) mass is 1050 g/mol. The van der Waals surface area contributed by atoms with Crippen LogP contribution in [0.1, 0.15) is 380 Å². The minimum atomic E-state index is -0.767. The zero-order chi connectivity index (χ0) is 54.3. The number of unbranched alkanes of at least 4 members (excludes halogenated alkanes) is 48. The Morgan fingerprint density at radius 1 is 0.267 bits per heavy atom. The van der Waals surface area contributed by atoms with Crippen LogP contribution in [-0.4, -0.2) is 37.2 Å². The fraction of sp³-hybridized carbons (Fsp3) is 0.899. The predicted octanol–water partition coefficient (Wildman–Crippen LogP) is 23.0. The van der Waals surface area contributed by atoms with Crippen LogP contribution in [0.3, 0.4) is 0 Å². The largest absolute Gasteiger partial charge is 0.462 e. The first kappa shape index (κ1) is 72.9. The van der Waals surface area contributed by atoms with E-state index in [9.17, 15) is 14.4 Å². The second-order valence-electron chi connectivity index (χ2n) is 23.1. The summed E-state index contributed by atoms with van der Waals surface area (Å²) >= 11 is 0. The Labute approximate surface area is 468 Å². The standard InChI is InChI=1S/C69H130O6/c1-4-7-10-13-16-19-21-23-25-27-29-31-33-34-35-37-38-40-42-44-46-48-50-53-56-59-62-68(71)74-65-66(64-73-67(70)61-58-55-52-18-15-12-9-6-3)75-69(72)63-60-57-54-51-49-47-45-43-41-39-36-32-30-28-26-24-22-20-17-14-11-8-5-2/h22,24,28,30,66H,4-21,23,25-27,29,31-65H2,1-3H3/b24-22-,30-28-. The number of hydrogen-bond acceptors (Lipinski definition) is 6. The summed E-state index contributed by atoms with van der Waals surface area (Å²) in [6.07, 6.45) is 77.9. The maximum Gasteiger partial charge on any atom is 0.306 e. The quantitative estimate of drug-likeness (QED) is 0.0261. The summed E-state index contributed by atoms with van der Waals surface area (Å²) in [5, 5.41) is 0. The lowest BCUT2D eigenvalue weighted by Crippen LogP contribution is -2.30. The van der Waals surface area contributed by atoms with Crippen molar-refractivity contribution in [3.05, 3.63) is 24.3 Å². The fourth-order valence-corrected chi connectivity index (χ4v) is 10.4. The van der Waals surface area contributed by atoms with E-state index < -0.39 is 6.10 Å². The number of rotatable bonds is 63. The van der Waals surface area contributed by atoms with Crippen molar-refractivity contribution in [1.82, 2.24) is 0 Å². The van der Waals surface area contributed by atoms with E-state index in [1.165, 1.54) is 276 Å². The molecule has 0 radical (unpaired) electrons. The highest BCUT2D eigenvalue weighted by atomic mass is 16.6. The number of carbonyl (C=O) groups is 3. The third kappa shape index (κ3) is 62.6. The van der Waals surface area contributed by atoms with Gasteiger partial charge in [-0.05, 0) is 51.4 Å². The number of carbonyl (C=O) groups excluding carboxylic acids is 3. The van der Waals surface area contributed by atoms with Gasteiger partial charge in [-0.25, -0.2) is 0 Å². The molecule has 0 aromatic rings. The van der Waals surface area contributed by atoms with Crippen LogP contribution in [0.15, 0.2) is 24.3 Å². The lowest BCUT2D eigenvalue weighted by molar-refractivity contribution is -0.167. The van der Waals surface area contributed by atoms with Crippen LogP contribution < -0.4 is 0 Å². The Hall–Kier alpha value is -2.11. The molecule has 0 heterocycles. The summed E-state index contributed by atoms with van der Waals surface area (Å²) in [4.78, 5) is 38.2. The minimum Gasteiger partial charge on any atom is -0.462 e. The van der Waals surface area contributed by atoms with Crippen molar-refractivity contribution in [3.63, 3.8) is 0 Å². The van der Waals surface area contributed by atoms with E-state index in [0.717, 1.165) is 64.2 Å². The van der Waals surface area contributed by atoms with Crippen LogP contribution in [0.4, 0.5) is 0 Å². The van der Waals surface area contributed by atoms with Gasteiger partial charge in [-0.15, -0.1) is 0 Å². The fourth-order valence-electron chi connectivity index (χ4n) is 10.4. The van der Waals surface area contributed by atoms with Gasteiger partial charge < -0.3 is 14.2 Å². The number of esters is 3. The first-order valence-corrected chi connectivity index (χ1v) is 33.8. The molecule has 6 nitrogen and oxygen atoms in total. The van der Waals surface area contributed by atoms with Crippen molar-refractivity contribution in [1.29, 1.82) is 0 Å². The van der Waals surface area contributed by atoms with Gasteiger partial charge in [0.1, 0.15) is 13.2 Å². The van der Waals surface area contributed by atoms with Gasteiger partial charge in [0, 0.05) is 19.3 Å². The van der Waals surface area contributed by atoms with Gasteiger partial charge in [0.25, 0.3) is 0 Å². The normalized spacial score (nSPS) is 12.1. The van der Waals surface area contributed by atoms with E-state index in [1.54, 1.807) is 0 Å². The smallest absolute Gasteiger partial charge is 0.306 e. The zero-order valence-electron chi connectivity index (χ0n) is 50.8. The van der Waals surface area contributed by atoms with Crippen molar-refractivity contribution in [3.8, 4) is 0 Å². The molecule has 0 aromatic carbocycles. The zero-order valence-corrected chi connectivity index (χ0v) is 50.8. The third-order valence-corrected chi connectivity index (χ3v) is 15.5. The molecule has 0 aromatic heterocycles. The molecular weight excluding hydrogens is 925 g/mol. The second kappa shape index (κ2) is 64.4. The summed E-state index contributed by atoms with van der Waals surface area (Å²) in [6.45, 7) is 6.67. The van der Waals surface area contributed by atoms with Gasteiger partial charge in [-0.2, -0.15) is 0 Å². The molecule has 0 rings (SSSR count). The molecule has 0 amide bonds. The second-order valence-corrected chi connectivity index (χ2v) is 23.1. The Bertz CT molecular complexity index is 1210. The van der Waals surface area contributed by atoms with Gasteiger partial charge in [0.05, 0.1) is 0 Å². The molecule has 0 spiro atoms. The van der Waals surface area contributed by atoms with Crippen molar-refractivity contribution in [2.75, 3.05) is 13.2 Å². The molecule has 0 fully saturated rings. The van der Waals surface area contributed by atoms with Crippen LogP contribution in [0, 0.1) is 0 Å². The SMILES string of the molecule is CCCCCCC/C=C\C/C=C\CCCCCCCCCCCCCC(=O)OC(COC(=O)CCCCCCCCCC)COC(=O)CCCCCCCCCCCCCCCCCCCCCCCCCCCC. The summed E-state index contributed by atoms with van der Waals surface area (Å²) in [7, 11) is 0. The van der Waals surface area contributed by atoms with E-state index in [2.05, 4.69) is 45.1 Å². The Kier molecular flexibility index (Phi) is 62.6. The highest BCUT2D eigenvalue weighted by Gasteiger charge is 2.19. The number of hydrogen-bond donors (Lipinski definition) is 0. The van der Waals surface area contributed by atoms with Crippen LogP contribution in [0.5, 0.6) is 0 Å². The lowest BCUT2D eigenvalue weighted by atomic mass is 10.0.